The van der Waals surface area contributed by atoms with E-state index in [1.165, 1.54) is 18.2 Å². The number of hydrogen-bond donors (Lipinski definition) is 2. The van der Waals surface area contributed by atoms with Crippen molar-refractivity contribution in [3.63, 3.8) is 0 Å². The first kappa shape index (κ1) is 25.5. The molecular weight excluding hydrogens is 491 g/mol. The molecule has 2 N–H and O–H groups in total. The molecule has 1 fully saturated rings. The molecular formula is C20H32F2IN5O. The van der Waals surface area contributed by atoms with Crippen molar-refractivity contribution in [3.05, 3.63) is 35.4 Å². The van der Waals surface area contributed by atoms with Crippen LogP contribution < -0.4 is 10.6 Å². The van der Waals surface area contributed by atoms with Crippen molar-refractivity contribution >= 4 is 35.8 Å². The molecule has 0 radical (unpaired) electrons. The van der Waals surface area contributed by atoms with Gasteiger partial charge in [-0.25, -0.2) is 8.78 Å². The highest BCUT2D eigenvalue weighted by Gasteiger charge is 2.22. The standard InChI is InChI=1S/C20H31F2N5O.HI/c1-4-23-20(24-11-7-13-27-12-6-10-18(27)28)25-14-17(26(2)3)19-15(21)8-5-9-16(19)22;/h5,8-9,17H,4,6-7,10-14H2,1-3H3,(H2,23,24,25);1H. The first-order chi connectivity index (χ1) is 13.4. The van der Waals surface area contributed by atoms with E-state index in [9.17, 15) is 13.6 Å². The fourth-order valence-electron chi connectivity index (χ4n) is 3.28. The summed E-state index contributed by atoms with van der Waals surface area (Å²) in [5.41, 5.74) is 0.0274. The molecule has 2 rings (SSSR count). The minimum atomic E-state index is -0.567. The normalized spacial score (nSPS) is 15.4. The van der Waals surface area contributed by atoms with Crippen LogP contribution in [0, 0.1) is 11.6 Å². The van der Waals surface area contributed by atoms with Crippen LogP contribution in [0.25, 0.3) is 0 Å². The summed E-state index contributed by atoms with van der Waals surface area (Å²) in [5, 5.41) is 6.38. The third kappa shape index (κ3) is 7.69. The number of likely N-dealkylation sites (N-methyl/N-ethyl adjacent to an activating group) is 1. The molecule has 1 amide bonds. The Balaban J connectivity index is 0.00000420. The molecule has 0 spiro atoms. The van der Waals surface area contributed by atoms with Gasteiger partial charge in [0.15, 0.2) is 5.96 Å². The van der Waals surface area contributed by atoms with Crippen molar-refractivity contribution in [2.45, 2.75) is 32.2 Å². The lowest BCUT2D eigenvalue weighted by Crippen LogP contribution is -2.39. The molecule has 1 aromatic carbocycles. The number of nitrogens with one attached hydrogen (secondary N) is 2. The van der Waals surface area contributed by atoms with E-state index >= 15 is 0 Å². The van der Waals surface area contributed by atoms with Gasteiger partial charge in [0.05, 0.1) is 12.6 Å². The first-order valence-electron chi connectivity index (χ1n) is 9.84. The van der Waals surface area contributed by atoms with Crippen LogP contribution in [0.15, 0.2) is 23.2 Å². The fourth-order valence-corrected chi connectivity index (χ4v) is 3.28. The maximum Gasteiger partial charge on any atom is 0.222 e. The second kappa shape index (κ2) is 12.9. The molecule has 0 saturated carbocycles. The Morgan fingerprint density at radius 3 is 2.52 bits per heavy atom. The average Bonchev–Trinajstić information content (AvgIpc) is 3.05. The number of hydrogen-bond acceptors (Lipinski definition) is 3. The van der Waals surface area contributed by atoms with E-state index in [1.807, 2.05) is 11.8 Å². The zero-order valence-corrected chi connectivity index (χ0v) is 19.7. The summed E-state index contributed by atoms with van der Waals surface area (Å²) in [4.78, 5) is 19.8. The summed E-state index contributed by atoms with van der Waals surface area (Å²) in [6.45, 7) is 5.08. The van der Waals surface area contributed by atoms with Gasteiger partial charge in [0.1, 0.15) is 11.6 Å². The summed E-state index contributed by atoms with van der Waals surface area (Å²) in [7, 11) is 3.55. The number of nitrogens with zero attached hydrogens (tertiary/aromatic N) is 3. The Bertz CT molecular complexity index is 667. The third-order valence-corrected chi connectivity index (χ3v) is 4.79. The minimum Gasteiger partial charge on any atom is -0.357 e. The predicted octanol–water partition coefficient (Wildman–Crippen LogP) is 2.75. The highest BCUT2D eigenvalue weighted by molar-refractivity contribution is 14.0. The molecule has 1 aliphatic heterocycles. The lowest BCUT2D eigenvalue weighted by molar-refractivity contribution is -0.127. The SMILES string of the molecule is CCNC(=NCC(c1c(F)cccc1F)N(C)C)NCCCN1CCCC1=O.I. The van der Waals surface area contributed by atoms with Gasteiger partial charge in [-0.3, -0.25) is 9.79 Å². The van der Waals surface area contributed by atoms with Crippen molar-refractivity contribution < 1.29 is 13.6 Å². The Morgan fingerprint density at radius 2 is 1.97 bits per heavy atom. The van der Waals surface area contributed by atoms with Crippen LogP contribution >= 0.6 is 24.0 Å². The second-order valence-electron chi connectivity index (χ2n) is 7.10. The predicted molar refractivity (Wildman–Crippen MR) is 123 cm³/mol. The first-order valence-corrected chi connectivity index (χ1v) is 9.84. The van der Waals surface area contributed by atoms with E-state index in [-0.39, 0.29) is 42.0 Å². The van der Waals surface area contributed by atoms with Crippen molar-refractivity contribution in [3.8, 4) is 0 Å². The summed E-state index contributed by atoms with van der Waals surface area (Å²) >= 11 is 0. The van der Waals surface area contributed by atoms with Crippen molar-refractivity contribution in [2.75, 3.05) is 46.8 Å². The number of rotatable bonds is 9. The van der Waals surface area contributed by atoms with Gasteiger partial charge < -0.3 is 20.4 Å². The Morgan fingerprint density at radius 1 is 1.28 bits per heavy atom. The van der Waals surface area contributed by atoms with Crippen LogP contribution in [0.4, 0.5) is 8.78 Å². The van der Waals surface area contributed by atoms with Gasteiger partial charge in [-0.2, -0.15) is 0 Å². The van der Waals surface area contributed by atoms with Gasteiger partial charge in [-0.15, -0.1) is 24.0 Å². The largest absolute Gasteiger partial charge is 0.357 e. The van der Waals surface area contributed by atoms with Gasteiger partial charge in [0, 0.05) is 38.2 Å². The van der Waals surface area contributed by atoms with E-state index in [0.717, 1.165) is 25.9 Å². The lowest BCUT2D eigenvalue weighted by Gasteiger charge is -2.24. The zero-order valence-electron chi connectivity index (χ0n) is 17.4. The number of aliphatic imine (C=N–C) groups is 1. The molecule has 0 aromatic heterocycles. The fraction of sp³-hybridized carbons (Fsp3) is 0.600. The number of benzene rings is 1. The van der Waals surface area contributed by atoms with Crippen LogP contribution in [0.1, 0.15) is 37.8 Å². The summed E-state index contributed by atoms with van der Waals surface area (Å²) in [6, 6.07) is 3.38. The van der Waals surface area contributed by atoms with Crippen molar-refractivity contribution in [1.82, 2.24) is 20.4 Å². The highest BCUT2D eigenvalue weighted by Crippen LogP contribution is 2.24. The van der Waals surface area contributed by atoms with Crippen molar-refractivity contribution in [2.24, 2.45) is 4.99 Å². The quantitative estimate of drug-likeness (QED) is 0.226. The molecule has 0 aliphatic carbocycles. The van der Waals surface area contributed by atoms with Crippen LogP contribution in [0.2, 0.25) is 0 Å². The summed E-state index contributed by atoms with van der Waals surface area (Å²) in [5.74, 6) is -0.315. The Labute approximate surface area is 189 Å². The maximum atomic E-state index is 14.2. The molecule has 1 aliphatic rings. The Hall–Kier alpha value is -1.49. The van der Waals surface area contributed by atoms with Crippen LogP contribution in [-0.2, 0) is 4.79 Å². The van der Waals surface area contributed by atoms with Crippen LogP contribution in [0.5, 0.6) is 0 Å². The van der Waals surface area contributed by atoms with Gasteiger partial charge in [0.2, 0.25) is 5.91 Å². The molecule has 0 bridgehead atoms. The Kier molecular flexibility index (Phi) is 11.4. The topological polar surface area (TPSA) is 60.0 Å². The lowest BCUT2D eigenvalue weighted by atomic mass is 10.0. The van der Waals surface area contributed by atoms with Gasteiger partial charge in [-0.05, 0) is 46.0 Å². The molecule has 6 nitrogen and oxygen atoms in total. The zero-order chi connectivity index (χ0) is 20.5. The van der Waals surface area contributed by atoms with Crippen molar-refractivity contribution in [1.29, 1.82) is 0 Å². The number of likely N-dealkylation sites (tertiary alicyclic amines) is 1. The van der Waals surface area contributed by atoms with Gasteiger partial charge in [-0.1, -0.05) is 6.07 Å². The monoisotopic (exact) mass is 523 g/mol. The molecule has 1 atom stereocenters. The molecule has 1 aromatic rings. The van der Waals surface area contributed by atoms with Gasteiger partial charge in [0.25, 0.3) is 0 Å². The summed E-state index contributed by atoms with van der Waals surface area (Å²) < 4.78 is 28.4. The van der Waals surface area contributed by atoms with Gasteiger partial charge >= 0.3 is 0 Å². The highest BCUT2D eigenvalue weighted by atomic mass is 127. The molecule has 1 heterocycles. The number of guanidine groups is 1. The molecule has 1 saturated heterocycles. The molecule has 29 heavy (non-hydrogen) atoms. The number of halogens is 3. The minimum absolute atomic E-state index is 0. The van der Waals surface area contributed by atoms with Crippen LogP contribution in [-0.4, -0.2) is 68.5 Å². The molecule has 9 heteroatoms. The number of carbonyl (C=O) groups is 1. The third-order valence-electron chi connectivity index (χ3n) is 4.79. The molecule has 1 unspecified atom stereocenters. The second-order valence-corrected chi connectivity index (χ2v) is 7.10. The number of amides is 1. The number of carbonyl (C=O) groups excluding carboxylic acids is 1. The van der Waals surface area contributed by atoms with E-state index in [0.29, 0.717) is 25.5 Å². The smallest absolute Gasteiger partial charge is 0.222 e. The van der Waals surface area contributed by atoms with Crippen LogP contribution in [0.3, 0.4) is 0 Å². The van der Waals surface area contributed by atoms with E-state index < -0.39 is 17.7 Å². The van der Waals surface area contributed by atoms with E-state index in [4.69, 9.17) is 0 Å². The van der Waals surface area contributed by atoms with E-state index in [1.54, 1.807) is 19.0 Å². The summed E-state index contributed by atoms with van der Waals surface area (Å²) in [6.07, 6.45) is 2.40. The molecule has 164 valence electrons. The average molecular weight is 523 g/mol. The van der Waals surface area contributed by atoms with E-state index in [2.05, 4.69) is 15.6 Å². The maximum absolute atomic E-state index is 14.2.